The molecule has 0 aliphatic rings. The number of aliphatic hydroxyl groups excluding tert-OH is 1. The Morgan fingerprint density at radius 1 is 1.60 bits per heavy atom. The Morgan fingerprint density at radius 2 is 2.20 bits per heavy atom. The molecule has 0 atom stereocenters. The summed E-state index contributed by atoms with van der Waals surface area (Å²) in [6.45, 7) is -0.247. The Balaban J connectivity index is 3.98. The molecule has 6 heteroatoms. The van der Waals surface area contributed by atoms with Crippen molar-refractivity contribution in [1.29, 1.82) is 0 Å². The summed E-state index contributed by atoms with van der Waals surface area (Å²) >= 11 is 0. The van der Waals surface area contributed by atoms with Gasteiger partial charge in [0.2, 0.25) is 5.96 Å². The van der Waals surface area contributed by atoms with Gasteiger partial charge in [-0.15, -0.1) is 0 Å². The zero-order chi connectivity index (χ0) is 7.98. The standard InChI is InChI=1S/C4H11N5O/c1-7-4(8-2-10)9-3(5)6/h10H,2H2,1H3,(H5,5,6,7,8,9). The lowest BCUT2D eigenvalue weighted by atomic mass is 10.9. The van der Waals surface area contributed by atoms with Gasteiger partial charge in [-0.05, 0) is 0 Å². The van der Waals surface area contributed by atoms with Crippen LogP contribution >= 0.6 is 0 Å². The molecule has 0 aliphatic carbocycles. The van der Waals surface area contributed by atoms with Crippen LogP contribution in [0.25, 0.3) is 0 Å². The van der Waals surface area contributed by atoms with E-state index in [9.17, 15) is 0 Å². The predicted octanol–water partition coefficient (Wildman–Crippen LogP) is -2.21. The van der Waals surface area contributed by atoms with Crippen molar-refractivity contribution in [3.63, 3.8) is 0 Å². The number of hydrogen-bond donors (Lipinski definition) is 4. The highest BCUT2D eigenvalue weighted by Gasteiger charge is 1.90. The molecule has 0 aromatic rings. The van der Waals surface area contributed by atoms with E-state index in [1.165, 1.54) is 7.05 Å². The summed E-state index contributed by atoms with van der Waals surface area (Å²) in [6.07, 6.45) is 0. The monoisotopic (exact) mass is 145 g/mol. The van der Waals surface area contributed by atoms with E-state index < -0.39 is 0 Å². The van der Waals surface area contributed by atoms with Gasteiger partial charge in [-0.1, -0.05) is 0 Å². The van der Waals surface area contributed by atoms with Crippen LogP contribution in [-0.4, -0.2) is 30.8 Å². The maximum absolute atomic E-state index is 8.34. The van der Waals surface area contributed by atoms with E-state index >= 15 is 0 Å². The molecule has 0 rings (SSSR count). The van der Waals surface area contributed by atoms with E-state index in [-0.39, 0.29) is 18.6 Å². The fourth-order valence-electron chi connectivity index (χ4n) is 0.362. The average molecular weight is 145 g/mol. The molecule has 0 aromatic heterocycles. The molecule has 0 unspecified atom stereocenters. The Hall–Kier alpha value is -1.30. The number of aliphatic imine (C=N–C) groups is 2. The second-order valence-corrected chi connectivity index (χ2v) is 1.42. The molecule has 0 saturated carbocycles. The number of nitrogens with zero attached hydrogens (tertiary/aromatic N) is 2. The van der Waals surface area contributed by atoms with E-state index in [2.05, 4.69) is 15.3 Å². The maximum atomic E-state index is 8.34. The molecule has 0 aromatic carbocycles. The summed E-state index contributed by atoms with van der Waals surface area (Å²) in [5, 5.41) is 10.8. The molecular weight excluding hydrogens is 134 g/mol. The molecule has 0 bridgehead atoms. The fraction of sp³-hybridized carbons (Fsp3) is 0.500. The first-order chi connectivity index (χ1) is 4.70. The first-order valence-electron chi connectivity index (χ1n) is 2.62. The normalized spacial score (nSPS) is 10.8. The van der Waals surface area contributed by atoms with Crippen molar-refractivity contribution in [3.05, 3.63) is 0 Å². The molecule has 58 valence electrons. The number of nitrogens with one attached hydrogen (secondary N) is 1. The smallest absolute Gasteiger partial charge is 0.222 e. The fourth-order valence-corrected chi connectivity index (χ4v) is 0.362. The van der Waals surface area contributed by atoms with Gasteiger partial charge in [0.1, 0.15) is 6.73 Å². The van der Waals surface area contributed by atoms with Gasteiger partial charge in [0, 0.05) is 7.05 Å². The minimum atomic E-state index is -0.247. The summed E-state index contributed by atoms with van der Waals surface area (Å²) < 4.78 is 0. The number of nitrogens with two attached hydrogens (primary N) is 2. The van der Waals surface area contributed by atoms with Gasteiger partial charge < -0.3 is 21.9 Å². The van der Waals surface area contributed by atoms with Gasteiger partial charge in [0.05, 0.1) is 0 Å². The molecule has 6 nitrogen and oxygen atoms in total. The van der Waals surface area contributed by atoms with E-state index in [1.807, 2.05) is 0 Å². The van der Waals surface area contributed by atoms with Crippen molar-refractivity contribution in [2.24, 2.45) is 21.5 Å². The Bertz CT molecular complexity index is 148. The van der Waals surface area contributed by atoms with Crippen molar-refractivity contribution in [3.8, 4) is 0 Å². The highest BCUT2D eigenvalue weighted by atomic mass is 16.3. The van der Waals surface area contributed by atoms with Crippen LogP contribution in [-0.2, 0) is 0 Å². The predicted molar refractivity (Wildman–Crippen MR) is 39.4 cm³/mol. The van der Waals surface area contributed by atoms with Crippen molar-refractivity contribution in [2.75, 3.05) is 13.8 Å². The van der Waals surface area contributed by atoms with Gasteiger partial charge in [-0.3, -0.25) is 4.99 Å². The summed E-state index contributed by atoms with van der Waals surface area (Å²) in [7, 11) is 1.50. The van der Waals surface area contributed by atoms with Crippen LogP contribution in [0.3, 0.4) is 0 Å². The van der Waals surface area contributed by atoms with Crippen LogP contribution in [0.2, 0.25) is 0 Å². The van der Waals surface area contributed by atoms with Crippen molar-refractivity contribution < 1.29 is 5.11 Å². The van der Waals surface area contributed by atoms with Crippen LogP contribution in [0.15, 0.2) is 9.98 Å². The van der Waals surface area contributed by atoms with Gasteiger partial charge in [-0.25, -0.2) is 0 Å². The maximum Gasteiger partial charge on any atom is 0.222 e. The zero-order valence-electron chi connectivity index (χ0n) is 5.70. The van der Waals surface area contributed by atoms with Crippen LogP contribution in [0, 0.1) is 0 Å². The average Bonchev–Trinajstić information content (AvgIpc) is 1.86. The number of hydrogen-bond acceptors (Lipinski definition) is 2. The third kappa shape index (κ3) is 3.67. The second-order valence-electron chi connectivity index (χ2n) is 1.42. The molecule has 0 fully saturated rings. The molecule has 0 amide bonds. The van der Waals surface area contributed by atoms with E-state index in [1.54, 1.807) is 0 Å². The van der Waals surface area contributed by atoms with Crippen molar-refractivity contribution in [2.45, 2.75) is 0 Å². The molecule has 6 N–H and O–H groups in total. The summed E-state index contributed by atoms with van der Waals surface area (Å²) in [6, 6.07) is 0. The molecule has 0 radical (unpaired) electrons. The van der Waals surface area contributed by atoms with Crippen LogP contribution in [0.1, 0.15) is 0 Å². The molecule has 0 aliphatic heterocycles. The highest BCUT2D eigenvalue weighted by Crippen LogP contribution is 1.71. The van der Waals surface area contributed by atoms with Crippen LogP contribution in [0.5, 0.6) is 0 Å². The second kappa shape index (κ2) is 4.57. The summed E-state index contributed by atoms with van der Waals surface area (Å²) in [4.78, 5) is 7.15. The first kappa shape index (κ1) is 8.70. The third-order valence-corrected chi connectivity index (χ3v) is 0.684. The summed E-state index contributed by atoms with van der Waals surface area (Å²) in [5.41, 5.74) is 10.0. The van der Waals surface area contributed by atoms with Gasteiger partial charge >= 0.3 is 0 Å². The largest absolute Gasteiger partial charge is 0.376 e. The summed E-state index contributed by atoms with van der Waals surface area (Å²) in [5.74, 6) is 0.115. The van der Waals surface area contributed by atoms with Crippen LogP contribution < -0.4 is 16.8 Å². The Morgan fingerprint density at radius 3 is 2.50 bits per heavy atom. The quantitative estimate of drug-likeness (QED) is 0.190. The SMILES string of the molecule is CN=C(N=C(N)N)NCO. The molecule has 0 spiro atoms. The van der Waals surface area contributed by atoms with E-state index in [0.717, 1.165) is 0 Å². The minimum absolute atomic E-state index is 0.0958. The Kier molecular flexibility index (Phi) is 3.97. The number of aliphatic hydroxyl groups is 1. The lowest BCUT2D eigenvalue weighted by Gasteiger charge is -1.99. The molecule has 10 heavy (non-hydrogen) atoms. The molecule has 0 heterocycles. The van der Waals surface area contributed by atoms with Gasteiger partial charge in [0.15, 0.2) is 5.96 Å². The third-order valence-electron chi connectivity index (χ3n) is 0.684. The molecular formula is C4H11N5O. The number of rotatable bonds is 1. The lowest BCUT2D eigenvalue weighted by molar-refractivity contribution is 0.285. The topological polar surface area (TPSA) is 109 Å². The van der Waals surface area contributed by atoms with Gasteiger partial charge in [0.25, 0.3) is 0 Å². The number of guanidine groups is 2. The van der Waals surface area contributed by atoms with Crippen molar-refractivity contribution in [1.82, 2.24) is 5.32 Å². The molecule has 0 saturated heterocycles. The van der Waals surface area contributed by atoms with Crippen molar-refractivity contribution >= 4 is 11.9 Å². The van der Waals surface area contributed by atoms with E-state index in [0.29, 0.717) is 0 Å². The minimum Gasteiger partial charge on any atom is -0.376 e. The highest BCUT2D eigenvalue weighted by molar-refractivity contribution is 5.93. The zero-order valence-corrected chi connectivity index (χ0v) is 5.70. The Labute approximate surface area is 58.6 Å². The first-order valence-corrected chi connectivity index (χ1v) is 2.62. The van der Waals surface area contributed by atoms with Gasteiger partial charge in [-0.2, -0.15) is 4.99 Å². The lowest BCUT2D eigenvalue weighted by Crippen LogP contribution is -2.30. The van der Waals surface area contributed by atoms with E-state index in [4.69, 9.17) is 16.6 Å². The van der Waals surface area contributed by atoms with Crippen LogP contribution in [0.4, 0.5) is 0 Å².